The van der Waals surface area contributed by atoms with E-state index in [0.29, 0.717) is 19.8 Å². The first-order chi connectivity index (χ1) is 14.0. The van der Waals surface area contributed by atoms with Gasteiger partial charge >= 0.3 is 36.4 Å². The molecule has 0 N–H and O–H groups in total. The molecule has 0 aromatic rings. The van der Waals surface area contributed by atoms with Gasteiger partial charge in [-0.25, -0.2) is 4.57 Å². The van der Waals surface area contributed by atoms with Crippen LogP contribution in [0.15, 0.2) is 0 Å². The van der Waals surface area contributed by atoms with E-state index in [1.54, 1.807) is 0 Å². The van der Waals surface area contributed by atoms with Crippen LogP contribution in [-0.2, 0) is 43.8 Å². The third-order valence-electron chi connectivity index (χ3n) is 3.21. The van der Waals surface area contributed by atoms with Crippen LogP contribution in [0, 0.1) is 0 Å². The van der Waals surface area contributed by atoms with Gasteiger partial charge in [-0.3, -0.25) is 12.6 Å². The Morgan fingerprint density at radius 1 is 0.586 bits per heavy atom. The van der Waals surface area contributed by atoms with Gasteiger partial charge in [-0.2, -0.15) is 0 Å². The van der Waals surface area contributed by atoms with Crippen molar-refractivity contribution < 1.29 is 43.8 Å². The summed E-state index contributed by atoms with van der Waals surface area (Å²) in [5.41, 5.74) is 0. The molecule has 14 heteroatoms. The Bertz CT molecular complexity index is 367. The fraction of sp³-hybridized carbons (Fsp3) is 1.00. The van der Waals surface area contributed by atoms with Gasteiger partial charge in [0.15, 0.2) is 0 Å². The summed E-state index contributed by atoms with van der Waals surface area (Å²) >= 11 is 0. The zero-order chi connectivity index (χ0) is 22.0. The van der Waals surface area contributed by atoms with Crippen LogP contribution in [0.4, 0.5) is 0 Å². The molecular formula is C15H36O10PSi3. The summed E-state index contributed by atoms with van der Waals surface area (Å²) in [6, 6.07) is 0. The van der Waals surface area contributed by atoms with Crippen molar-refractivity contribution in [3.63, 3.8) is 0 Å². The molecule has 0 spiro atoms. The zero-order valence-electron chi connectivity index (χ0n) is 18.4. The van der Waals surface area contributed by atoms with Crippen molar-refractivity contribution in [2.24, 2.45) is 0 Å². The van der Waals surface area contributed by atoms with Crippen molar-refractivity contribution in [1.82, 2.24) is 0 Å². The van der Waals surface area contributed by atoms with Crippen molar-refractivity contribution in [2.45, 2.75) is 59.3 Å². The van der Waals surface area contributed by atoms with Crippen LogP contribution in [0.5, 0.6) is 0 Å². The van der Waals surface area contributed by atoms with Gasteiger partial charge in [0.2, 0.25) is 0 Å². The van der Waals surface area contributed by atoms with E-state index < -0.39 is 36.4 Å². The molecule has 3 radical (unpaired) electrons. The molecule has 0 aromatic carbocycles. The van der Waals surface area contributed by atoms with E-state index in [9.17, 15) is 4.57 Å². The fourth-order valence-electron chi connectivity index (χ4n) is 1.60. The van der Waals surface area contributed by atoms with Gasteiger partial charge in [-0.05, 0) is 19.3 Å². The standard InChI is InChI=1S/C15H36O10PSi3/c1-7-10-13-20-27(17-4)23-26(16,24-28(18-5)21-14-11-8-2)25-29(19-6)22-15-12-9-3/h7-15H2,1-6H3. The fourth-order valence-corrected chi connectivity index (χ4v) is 8.05. The third kappa shape index (κ3) is 15.0. The molecule has 0 atom stereocenters. The molecule has 0 rings (SSSR count). The van der Waals surface area contributed by atoms with Crippen molar-refractivity contribution in [3.05, 3.63) is 0 Å². The van der Waals surface area contributed by atoms with Gasteiger partial charge in [0.1, 0.15) is 0 Å². The van der Waals surface area contributed by atoms with Crippen molar-refractivity contribution in [2.75, 3.05) is 41.2 Å². The predicted molar refractivity (Wildman–Crippen MR) is 112 cm³/mol. The molecule has 0 bridgehead atoms. The Morgan fingerprint density at radius 3 is 1.07 bits per heavy atom. The average Bonchev–Trinajstić information content (AvgIpc) is 2.72. The maximum atomic E-state index is 13.3. The summed E-state index contributed by atoms with van der Waals surface area (Å²) in [4.78, 5) is 0. The molecule has 0 aliphatic heterocycles. The van der Waals surface area contributed by atoms with Gasteiger partial charge in [0, 0.05) is 41.2 Å². The zero-order valence-corrected chi connectivity index (χ0v) is 22.3. The van der Waals surface area contributed by atoms with E-state index in [0.717, 1.165) is 38.5 Å². The molecule has 0 aliphatic carbocycles. The van der Waals surface area contributed by atoms with Crippen LogP contribution in [0.25, 0.3) is 0 Å². The van der Waals surface area contributed by atoms with E-state index in [-0.39, 0.29) is 0 Å². The Hall–Kier alpha value is 0.521. The lowest BCUT2D eigenvalue weighted by Crippen LogP contribution is -2.33. The van der Waals surface area contributed by atoms with Crippen molar-refractivity contribution >= 4 is 36.4 Å². The van der Waals surface area contributed by atoms with Crippen LogP contribution in [0.3, 0.4) is 0 Å². The highest BCUT2D eigenvalue weighted by Crippen LogP contribution is 2.51. The number of hydrogen-bond donors (Lipinski definition) is 0. The molecule has 0 amide bonds. The molecule has 0 heterocycles. The van der Waals surface area contributed by atoms with Crippen LogP contribution in [0.2, 0.25) is 0 Å². The summed E-state index contributed by atoms with van der Waals surface area (Å²) in [5.74, 6) is 0. The number of phosphoric acid groups is 1. The number of rotatable bonds is 21. The highest BCUT2D eigenvalue weighted by molar-refractivity contribution is 7.52. The Balaban J connectivity index is 5.16. The van der Waals surface area contributed by atoms with E-state index >= 15 is 0 Å². The molecule has 0 saturated heterocycles. The van der Waals surface area contributed by atoms with Crippen LogP contribution in [0.1, 0.15) is 59.3 Å². The Labute approximate surface area is 180 Å². The van der Waals surface area contributed by atoms with Gasteiger partial charge in [-0.1, -0.05) is 40.0 Å². The maximum absolute atomic E-state index is 13.3. The molecule has 29 heavy (non-hydrogen) atoms. The first kappa shape index (κ1) is 29.5. The van der Waals surface area contributed by atoms with Gasteiger partial charge in [0.05, 0.1) is 0 Å². The smallest absolute Gasteiger partial charge is 0.374 e. The normalized spacial score (nSPS) is 12.6. The topological polar surface area (TPSA) is 100 Å². The van der Waals surface area contributed by atoms with Crippen LogP contribution in [-0.4, -0.2) is 69.7 Å². The van der Waals surface area contributed by atoms with E-state index in [1.807, 2.05) is 20.8 Å². The molecule has 10 nitrogen and oxygen atoms in total. The molecule has 0 saturated carbocycles. The highest BCUT2D eigenvalue weighted by atomic mass is 31.2. The minimum Gasteiger partial charge on any atom is -0.374 e. The lowest BCUT2D eigenvalue weighted by Gasteiger charge is -2.24. The monoisotopic (exact) mass is 491 g/mol. The quantitative estimate of drug-likeness (QED) is 0.135. The largest absolute Gasteiger partial charge is 0.586 e. The van der Waals surface area contributed by atoms with Crippen molar-refractivity contribution in [1.29, 1.82) is 0 Å². The maximum Gasteiger partial charge on any atom is 0.586 e. The second-order valence-corrected chi connectivity index (χ2v) is 12.4. The first-order valence-corrected chi connectivity index (χ1v) is 14.9. The van der Waals surface area contributed by atoms with E-state index in [1.165, 1.54) is 21.3 Å². The summed E-state index contributed by atoms with van der Waals surface area (Å²) < 4.78 is 62.1. The van der Waals surface area contributed by atoms with Crippen molar-refractivity contribution in [3.8, 4) is 0 Å². The summed E-state index contributed by atoms with van der Waals surface area (Å²) in [7, 11) is -7.09. The summed E-state index contributed by atoms with van der Waals surface area (Å²) in [6.45, 7) is 7.31. The van der Waals surface area contributed by atoms with Crippen LogP contribution < -0.4 is 0 Å². The van der Waals surface area contributed by atoms with Crippen LogP contribution >= 0.6 is 7.82 Å². The Kier molecular flexibility index (Phi) is 19.6. The average molecular weight is 492 g/mol. The lowest BCUT2D eigenvalue weighted by molar-refractivity contribution is 0.103. The molecule has 0 unspecified atom stereocenters. The Morgan fingerprint density at radius 2 is 0.862 bits per heavy atom. The van der Waals surface area contributed by atoms with Gasteiger partial charge in [-0.15, -0.1) is 0 Å². The van der Waals surface area contributed by atoms with Gasteiger partial charge in [0.25, 0.3) is 0 Å². The summed E-state index contributed by atoms with van der Waals surface area (Å²) in [6.07, 6.45) is 5.25. The second-order valence-electron chi connectivity index (χ2n) is 5.69. The third-order valence-corrected chi connectivity index (χ3v) is 10.0. The van der Waals surface area contributed by atoms with E-state index in [4.69, 9.17) is 39.2 Å². The molecule has 173 valence electrons. The SMILES string of the molecule is CCCCO[Si](OC)OP(=O)(O[Si](OC)OCCCC)O[Si](OC)OCCCC. The summed E-state index contributed by atoms with van der Waals surface area (Å²) in [5, 5.41) is 0. The highest BCUT2D eigenvalue weighted by Gasteiger charge is 2.44. The molecule has 0 aliphatic rings. The number of hydrogen-bond acceptors (Lipinski definition) is 10. The molecular weight excluding hydrogens is 455 g/mol. The number of unbranched alkanes of at least 4 members (excludes halogenated alkanes) is 3. The molecule has 0 aromatic heterocycles. The predicted octanol–water partition coefficient (Wildman–Crippen LogP) is 3.49. The first-order valence-electron chi connectivity index (χ1n) is 9.78. The van der Waals surface area contributed by atoms with Gasteiger partial charge < -0.3 is 26.6 Å². The minimum absolute atomic E-state index is 0.406. The molecule has 0 fully saturated rings. The minimum atomic E-state index is -4.20. The van der Waals surface area contributed by atoms with E-state index in [2.05, 4.69) is 0 Å². The second kappa shape index (κ2) is 19.2. The lowest BCUT2D eigenvalue weighted by atomic mass is 10.4.